The number of likely N-dealkylation sites (N-methyl/N-ethyl adjacent to an activating group) is 1. The van der Waals surface area contributed by atoms with Crippen LogP contribution in [0.2, 0.25) is 0 Å². The minimum Gasteiger partial charge on any atom is -0.393 e. The first-order chi connectivity index (χ1) is 15.5. The van der Waals surface area contributed by atoms with E-state index in [-0.39, 0.29) is 20.1 Å². The molecule has 1 saturated carbocycles. The third-order valence-electron chi connectivity index (χ3n) is 6.77. The van der Waals surface area contributed by atoms with Crippen molar-refractivity contribution < 1.29 is 20.1 Å². The molecule has 1 aliphatic heterocycles. The van der Waals surface area contributed by atoms with Crippen molar-refractivity contribution in [1.29, 1.82) is 0 Å². The molecule has 5 heteroatoms. The normalized spacial score (nSPS) is 18.7. The molecule has 0 bridgehead atoms. The molecule has 0 saturated heterocycles. The summed E-state index contributed by atoms with van der Waals surface area (Å²) in [7, 11) is 2.19. The summed E-state index contributed by atoms with van der Waals surface area (Å²) < 4.78 is 0. The average Bonchev–Trinajstić information content (AvgIpc) is 3.42. The van der Waals surface area contributed by atoms with E-state index in [1.54, 1.807) is 6.20 Å². The molecule has 1 atom stereocenters. The molecular weight excluding hydrogens is 585 g/mol. The van der Waals surface area contributed by atoms with Crippen LogP contribution in [0.15, 0.2) is 59.7 Å². The van der Waals surface area contributed by atoms with Gasteiger partial charge in [0.05, 0.1) is 6.54 Å². The van der Waals surface area contributed by atoms with E-state index < -0.39 is 0 Å². The molecule has 1 aliphatic carbocycles. The molecular formula is C28H32IrN4-2. The molecule has 1 aromatic carbocycles. The van der Waals surface area contributed by atoms with Gasteiger partial charge in [0.1, 0.15) is 0 Å². The maximum Gasteiger partial charge on any atom is 0.0508 e. The largest absolute Gasteiger partial charge is 0.393 e. The molecule has 3 aromatic rings. The zero-order valence-electron chi connectivity index (χ0n) is 19.9. The van der Waals surface area contributed by atoms with E-state index in [9.17, 15) is 0 Å². The van der Waals surface area contributed by atoms with Crippen molar-refractivity contribution in [1.82, 2.24) is 14.9 Å². The van der Waals surface area contributed by atoms with E-state index in [0.29, 0.717) is 11.5 Å². The van der Waals surface area contributed by atoms with E-state index in [1.165, 1.54) is 25.7 Å². The monoisotopic (exact) mass is 617 g/mol. The standard InChI is InChI=1S/C17H24N3.C11H8N.Ir/c1-12-7-8-14(13(2)19-12)16-18-11-15(20(16)4)17(3)9-5-6-10-17;1-2-6-10(7-3-1)11-8-4-5-9-12-11;/h7,15H,5-6,9-11H2,1-4H3;1-6,8-9H;/q2*-1;. The maximum absolute atomic E-state index is 4.82. The molecule has 1 unspecified atom stereocenters. The molecule has 0 amide bonds. The van der Waals surface area contributed by atoms with Crippen LogP contribution in [0.1, 0.15) is 49.6 Å². The summed E-state index contributed by atoms with van der Waals surface area (Å²) in [6.45, 7) is 7.42. The van der Waals surface area contributed by atoms with E-state index >= 15 is 0 Å². The Labute approximate surface area is 211 Å². The molecule has 4 nitrogen and oxygen atoms in total. The van der Waals surface area contributed by atoms with Crippen LogP contribution in [0.3, 0.4) is 0 Å². The number of aromatic nitrogens is 2. The minimum absolute atomic E-state index is 0. The van der Waals surface area contributed by atoms with Crippen LogP contribution in [-0.2, 0) is 20.1 Å². The number of hydrogen-bond acceptors (Lipinski definition) is 4. The van der Waals surface area contributed by atoms with Gasteiger partial charge in [-0.25, -0.2) is 0 Å². The van der Waals surface area contributed by atoms with E-state index in [4.69, 9.17) is 4.99 Å². The van der Waals surface area contributed by atoms with Gasteiger partial charge in [-0.15, -0.1) is 48.0 Å². The van der Waals surface area contributed by atoms with Gasteiger partial charge in [0.15, 0.2) is 0 Å². The van der Waals surface area contributed by atoms with Crippen molar-refractivity contribution in [3.05, 3.63) is 83.8 Å². The molecule has 175 valence electrons. The number of nitrogens with zero attached hydrogens (tertiary/aromatic N) is 4. The summed E-state index contributed by atoms with van der Waals surface area (Å²) in [4.78, 5) is 16.0. The van der Waals surface area contributed by atoms with Gasteiger partial charge in [0.2, 0.25) is 0 Å². The number of pyridine rings is 2. The Balaban J connectivity index is 0.000000202. The number of rotatable bonds is 3. The summed E-state index contributed by atoms with van der Waals surface area (Å²) in [5.74, 6) is 1.08. The van der Waals surface area contributed by atoms with Gasteiger partial charge < -0.3 is 19.9 Å². The Morgan fingerprint density at radius 3 is 2.42 bits per heavy atom. The summed E-state index contributed by atoms with van der Waals surface area (Å²) in [5, 5.41) is 0. The van der Waals surface area contributed by atoms with Crippen LogP contribution >= 0.6 is 0 Å². The van der Waals surface area contributed by atoms with Gasteiger partial charge in [0.25, 0.3) is 0 Å². The molecule has 0 N–H and O–H groups in total. The van der Waals surface area contributed by atoms with Crippen molar-refractivity contribution in [2.24, 2.45) is 10.4 Å². The van der Waals surface area contributed by atoms with E-state index in [1.807, 2.05) is 55.5 Å². The Bertz CT molecular complexity index is 1020. The molecule has 1 radical (unpaired) electrons. The quantitative estimate of drug-likeness (QED) is 0.356. The van der Waals surface area contributed by atoms with Crippen LogP contribution in [0.5, 0.6) is 0 Å². The topological polar surface area (TPSA) is 41.4 Å². The summed E-state index contributed by atoms with van der Waals surface area (Å²) in [6, 6.07) is 22.7. The zero-order chi connectivity index (χ0) is 22.6. The van der Waals surface area contributed by atoms with Crippen molar-refractivity contribution in [3.63, 3.8) is 0 Å². The fourth-order valence-corrected chi connectivity index (χ4v) is 4.95. The number of hydrogen-bond donors (Lipinski definition) is 0. The van der Waals surface area contributed by atoms with Crippen LogP contribution in [0.4, 0.5) is 0 Å². The Morgan fingerprint density at radius 2 is 1.79 bits per heavy atom. The zero-order valence-corrected chi connectivity index (χ0v) is 22.3. The van der Waals surface area contributed by atoms with Crippen molar-refractivity contribution in [2.45, 2.75) is 52.5 Å². The third kappa shape index (κ3) is 5.77. The molecule has 2 aromatic heterocycles. The summed E-state index contributed by atoms with van der Waals surface area (Å²) in [5.41, 5.74) is 5.56. The van der Waals surface area contributed by atoms with Crippen LogP contribution in [0.25, 0.3) is 11.3 Å². The van der Waals surface area contributed by atoms with Crippen molar-refractivity contribution >= 4 is 5.84 Å². The predicted molar refractivity (Wildman–Crippen MR) is 131 cm³/mol. The molecule has 3 heterocycles. The van der Waals surface area contributed by atoms with Gasteiger partial charge >= 0.3 is 0 Å². The van der Waals surface area contributed by atoms with E-state index in [0.717, 1.165) is 40.6 Å². The SMILES string of the molecule is Cc1c[c-]c(C2=NCC(C3(C)CCCC3)N2C)c(C)n1.[Ir].[c-]1ccccc1-c1ccccn1. The van der Waals surface area contributed by atoms with Gasteiger partial charge in [-0.3, -0.25) is 0 Å². The molecule has 2 aliphatic rings. The number of aryl methyl sites for hydroxylation is 2. The van der Waals surface area contributed by atoms with Gasteiger partial charge in [-0.2, -0.15) is 0 Å². The number of amidine groups is 1. The smallest absolute Gasteiger partial charge is 0.0508 e. The summed E-state index contributed by atoms with van der Waals surface area (Å²) >= 11 is 0. The number of aliphatic imine (C=N–C) groups is 1. The molecule has 33 heavy (non-hydrogen) atoms. The molecule has 5 rings (SSSR count). The predicted octanol–water partition coefficient (Wildman–Crippen LogP) is 5.69. The van der Waals surface area contributed by atoms with Crippen LogP contribution in [0, 0.1) is 31.4 Å². The van der Waals surface area contributed by atoms with Crippen molar-refractivity contribution in [2.75, 3.05) is 13.6 Å². The molecule has 1 fully saturated rings. The van der Waals surface area contributed by atoms with Crippen LogP contribution < -0.4 is 0 Å². The molecule has 0 spiro atoms. The van der Waals surface area contributed by atoms with Gasteiger partial charge in [-0.05, 0) is 48.5 Å². The second kappa shape index (κ2) is 11.2. The second-order valence-electron chi connectivity index (χ2n) is 9.15. The fraction of sp³-hybridized carbons (Fsp3) is 0.393. The Kier molecular flexibility index (Phi) is 8.56. The third-order valence-corrected chi connectivity index (χ3v) is 6.77. The number of benzene rings is 1. The Morgan fingerprint density at radius 1 is 1.03 bits per heavy atom. The van der Waals surface area contributed by atoms with E-state index in [2.05, 4.69) is 47.9 Å². The minimum atomic E-state index is 0. The average molecular weight is 617 g/mol. The Hall–Kier alpha value is -2.36. The van der Waals surface area contributed by atoms with Crippen LogP contribution in [-0.4, -0.2) is 40.3 Å². The first-order valence-corrected chi connectivity index (χ1v) is 11.5. The first kappa shape index (κ1) is 25.3. The second-order valence-corrected chi connectivity index (χ2v) is 9.15. The summed E-state index contributed by atoms with van der Waals surface area (Å²) in [6.07, 6.45) is 7.19. The van der Waals surface area contributed by atoms with Gasteiger partial charge in [0, 0.05) is 38.2 Å². The fourth-order valence-electron chi connectivity index (χ4n) is 4.95. The maximum atomic E-state index is 4.82. The van der Waals surface area contributed by atoms with Gasteiger partial charge in [-0.1, -0.05) is 51.3 Å². The van der Waals surface area contributed by atoms with Crippen molar-refractivity contribution in [3.8, 4) is 11.3 Å². The first-order valence-electron chi connectivity index (χ1n) is 11.5.